The molecule has 2 aliphatic heterocycles. The Balaban J connectivity index is 1.42. The van der Waals surface area contributed by atoms with Gasteiger partial charge in [0.15, 0.2) is 0 Å². The molecular formula is C56H61BN2Si2. The minimum Gasteiger partial charge on any atom is -0.312 e. The van der Waals surface area contributed by atoms with Crippen molar-refractivity contribution in [1.82, 2.24) is 0 Å². The Morgan fingerprint density at radius 2 is 0.738 bits per heavy atom. The fourth-order valence-corrected chi connectivity index (χ4v) is 13.3. The lowest BCUT2D eigenvalue weighted by Gasteiger charge is -2.45. The van der Waals surface area contributed by atoms with Gasteiger partial charge in [-0.3, -0.25) is 0 Å². The molecule has 9 rings (SSSR count). The van der Waals surface area contributed by atoms with Crippen LogP contribution in [0.15, 0.2) is 152 Å². The highest BCUT2D eigenvalue weighted by molar-refractivity contribution is 7.00. The molecular weight excluding hydrogens is 768 g/mol. The average molecular weight is 829 g/mol. The van der Waals surface area contributed by atoms with E-state index < -0.39 is 16.1 Å². The van der Waals surface area contributed by atoms with Gasteiger partial charge in [0, 0.05) is 34.1 Å². The summed E-state index contributed by atoms with van der Waals surface area (Å²) in [5, 5.41) is 2.94. The van der Waals surface area contributed by atoms with E-state index in [-0.39, 0.29) is 17.5 Å². The van der Waals surface area contributed by atoms with Crippen LogP contribution in [0, 0.1) is 0 Å². The van der Waals surface area contributed by atoms with E-state index in [0.29, 0.717) is 0 Å². The largest absolute Gasteiger partial charge is 0.312 e. The Morgan fingerprint density at radius 3 is 1.13 bits per heavy atom. The zero-order valence-electron chi connectivity index (χ0n) is 38.4. The molecule has 0 aliphatic carbocycles. The molecule has 0 spiro atoms. The third-order valence-electron chi connectivity index (χ3n) is 13.0. The first-order chi connectivity index (χ1) is 28.8. The van der Waals surface area contributed by atoms with Crippen molar-refractivity contribution in [1.29, 1.82) is 0 Å². The van der Waals surface area contributed by atoms with Gasteiger partial charge >= 0.3 is 0 Å². The standard InChI is InChI=1S/C56H61BN2Si2/c1-55(2,3)42-24-15-13-22-40(42)38-32-34-46-44(36-38)57-45-37-39(41-23-14-16-25-43(41)56(4,5)6)33-35-47(45)59(49-27-18-20-31-53(49)61(10,11)12)51-29-21-28-50(54(51)57)58(46)48-26-17-19-30-52(48)60(7,8)9/h13-37H,1-12H3. The lowest BCUT2D eigenvalue weighted by atomic mass is 9.33. The first-order valence-corrected chi connectivity index (χ1v) is 29.2. The smallest absolute Gasteiger partial charge is 0.252 e. The van der Waals surface area contributed by atoms with Gasteiger partial charge in [0.2, 0.25) is 0 Å². The van der Waals surface area contributed by atoms with Crippen molar-refractivity contribution in [3.8, 4) is 22.3 Å². The highest BCUT2D eigenvalue weighted by Crippen LogP contribution is 2.46. The molecule has 0 radical (unpaired) electrons. The van der Waals surface area contributed by atoms with Crippen molar-refractivity contribution >= 4 is 83.7 Å². The van der Waals surface area contributed by atoms with Crippen LogP contribution in [0.3, 0.4) is 0 Å². The predicted molar refractivity (Wildman–Crippen MR) is 275 cm³/mol. The topological polar surface area (TPSA) is 6.48 Å². The summed E-state index contributed by atoms with van der Waals surface area (Å²) < 4.78 is 0. The van der Waals surface area contributed by atoms with Crippen LogP contribution in [-0.4, -0.2) is 22.9 Å². The van der Waals surface area contributed by atoms with Gasteiger partial charge in [-0.1, -0.05) is 196 Å². The van der Waals surface area contributed by atoms with Crippen molar-refractivity contribution in [2.45, 2.75) is 91.7 Å². The maximum atomic E-state index is 2.63. The van der Waals surface area contributed by atoms with E-state index in [1.807, 2.05) is 0 Å². The molecule has 0 amide bonds. The summed E-state index contributed by atoms with van der Waals surface area (Å²) in [5.74, 6) is 0. The fourth-order valence-electron chi connectivity index (χ4n) is 10.2. The Labute approximate surface area is 368 Å². The molecule has 0 saturated carbocycles. The second kappa shape index (κ2) is 14.6. The lowest BCUT2D eigenvalue weighted by molar-refractivity contribution is 0.591. The summed E-state index contributed by atoms with van der Waals surface area (Å²) in [6.45, 7) is 28.9. The van der Waals surface area contributed by atoms with Crippen LogP contribution in [0.1, 0.15) is 52.7 Å². The molecule has 2 nitrogen and oxygen atoms in total. The lowest BCUT2D eigenvalue weighted by Crippen LogP contribution is -2.62. The van der Waals surface area contributed by atoms with E-state index in [4.69, 9.17) is 0 Å². The van der Waals surface area contributed by atoms with Crippen molar-refractivity contribution in [2.24, 2.45) is 0 Å². The van der Waals surface area contributed by atoms with Crippen LogP contribution in [-0.2, 0) is 10.8 Å². The maximum Gasteiger partial charge on any atom is 0.252 e. The Kier molecular flexibility index (Phi) is 9.84. The minimum absolute atomic E-state index is 0.00489. The van der Waals surface area contributed by atoms with E-state index in [1.54, 1.807) is 0 Å². The minimum atomic E-state index is -1.79. The quantitative estimate of drug-likeness (QED) is 0.154. The molecule has 0 bridgehead atoms. The predicted octanol–water partition coefficient (Wildman–Crippen LogP) is 12.8. The monoisotopic (exact) mass is 828 g/mol. The molecule has 306 valence electrons. The van der Waals surface area contributed by atoms with Crippen molar-refractivity contribution in [2.75, 3.05) is 9.80 Å². The Bertz CT molecular complexity index is 2640. The van der Waals surface area contributed by atoms with Crippen LogP contribution < -0.4 is 36.6 Å². The van der Waals surface area contributed by atoms with Gasteiger partial charge in [0.05, 0.1) is 16.1 Å². The van der Waals surface area contributed by atoms with Gasteiger partial charge in [0.1, 0.15) is 0 Å². The van der Waals surface area contributed by atoms with Crippen LogP contribution >= 0.6 is 0 Å². The number of anilines is 6. The zero-order valence-corrected chi connectivity index (χ0v) is 40.4. The second-order valence-corrected chi connectivity index (χ2v) is 31.6. The first-order valence-electron chi connectivity index (χ1n) is 22.2. The summed E-state index contributed by atoms with van der Waals surface area (Å²) in [4.78, 5) is 5.26. The number of fused-ring (bicyclic) bond motifs is 4. The SMILES string of the molecule is CC(C)(C)c1ccccc1-c1ccc2c(c1)B1c3cc(-c4ccccc4C(C)(C)C)ccc3N(c3ccccc3[Si](C)(C)C)c3cccc(c31)N2c1ccccc1[Si](C)(C)C. The van der Waals surface area contributed by atoms with Gasteiger partial charge in [-0.15, -0.1) is 0 Å². The molecule has 5 heteroatoms. The van der Waals surface area contributed by atoms with Gasteiger partial charge in [0.25, 0.3) is 6.71 Å². The highest BCUT2D eigenvalue weighted by atomic mass is 28.3. The summed E-state index contributed by atoms with van der Waals surface area (Å²) in [6.07, 6.45) is 0. The van der Waals surface area contributed by atoms with Gasteiger partial charge in [-0.05, 0) is 107 Å². The number of hydrogen-bond acceptors (Lipinski definition) is 2. The summed E-state index contributed by atoms with van der Waals surface area (Å²) >= 11 is 0. The average Bonchev–Trinajstić information content (AvgIpc) is 3.22. The zero-order chi connectivity index (χ0) is 43.2. The number of rotatable bonds is 6. The van der Waals surface area contributed by atoms with Crippen molar-refractivity contribution in [3.05, 3.63) is 163 Å². The molecule has 0 N–H and O–H groups in total. The third-order valence-corrected chi connectivity index (χ3v) is 17.1. The molecule has 0 aromatic heterocycles. The summed E-state index contributed by atoms with van der Waals surface area (Å²) in [6, 6.07) is 58.4. The number of para-hydroxylation sites is 2. The number of benzene rings is 7. The summed E-state index contributed by atoms with van der Waals surface area (Å²) in [5.41, 5.74) is 19.6. The molecule has 0 unspecified atom stereocenters. The molecule has 7 aromatic rings. The first kappa shape index (κ1) is 41.0. The van der Waals surface area contributed by atoms with Gasteiger partial charge < -0.3 is 9.80 Å². The van der Waals surface area contributed by atoms with Crippen LogP contribution in [0.5, 0.6) is 0 Å². The van der Waals surface area contributed by atoms with E-state index in [0.717, 1.165) is 0 Å². The number of hydrogen-bond donors (Lipinski definition) is 0. The Morgan fingerprint density at radius 1 is 0.377 bits per heavy atom. The number of nitrogens with zero attached hydrogens (tertiary/aromatic N) is 2. The molecule has 61 heavy (non-hydrogen) atoms. The van der Waals surface area contributed by atoms with Crippen LogP contribution in [0.4, 0.5) is 34.1 Å². The van der Waals surface area contributed by atoms with E-state index in [1.165, 1.54) is 94.3 Å². The van der Waals surface area contributed by atoms with E-state index >= 15 is 0 Å². The maximum absolute atomic E-state index is 2.63. The third kappa shape index (κ3) is 7.04. The fraction of sp³-hybridized carbons (Fsp3) is 0.250. The van der Waals surface area contributed by atoms with E-state index in [2.05, 4.69) is 242 Å². The molecule has 0 atom stereocenters. The summed E-state index contributed by atoms with van der Waals surface area (Å²) in [7, 11) is -3.57. The molecule has 7 aromatic carbocycles. The normalized spacial score (nSPS) is 13.8. The Hall–Kier alpha value is -5.36. The van der Waals surface area contributed by atoms with Crippen molar-refractivity contribution < 1.29 is 0 Å². The second-order valence-electron chi connectivity index (χ2n) is 21.5. The van der Waals surface area contributed by atoms with E-state index in [9.17, 15) is 0 Å². The molecule has 0 saturated heterocycles. The van der Waals surface area contributed by atoms with Gasteiger partial charge in [-0.2, -0.15) is 0 Å². The van der Waals surface area contributed by atoms with Crippen molar-refractivity contribution in [3.63, 3.8) is 0 Å². The van der Waals surface area contributed by atoms with Crippen LogP contribution in [0.2, 0.25) is 39.3 Å². The highest BCUT2D eigenvalue weighted by Gasteiger charge is 2.45. The van der Waals surface area contributed by atoms with Crippen LogP contribution in [0.25, 0.3) is 22.3 Å². The van der Waals surface area contributed by atoms with Gasteiger partial charge in [-0.25, -0.2) is 0 Å². The molecule has 0 fully saturated rings. The molecule has 2 heterocycles. The molecule has 2 aliphatic rings.